The summed E-state index contributed by atoms with van der Waals surface area (Å²) in [6.45, 7) is 7.57. The molecule has 0 spiro atoms. The minimum absolute atomic E-state index is 0.0767. The minimum Gasteiger partial charge on any atom is -0.339 e. The van der Waals surface area contributed by atoms with Gasteiger partial charge in [0.1, 0.15) is 0 Å². The Morgan fingerprint density at radius 2 is 1.66 bits per heavy atom. The summed E-state index contributed by atoms with van der Waals surface area (Å²) in [6, 6.07) is 21.5. The van der Waals surface area contributed by atoms with Crippen LogP contribution in [-0.2, 0) is 27.8 Å². The number of sulfonamides is 1. The number of hydrogen-bond acceptors (Lipinski definition) is 6. The Morgan fingerprint density at radius 1 is 0.947 bits per heavy atom. The maximum atomic E-state index is 13.5. The van der Waals surface area contributed by atoms with Gasteiger partial charge in [0.2, 0.25) is 21.8 Å². The lowest BCUT2D eigenvalue weighted by Gasteiger charge is -2.22. The molecule has 0 aliphatic heterocycles. The first kappa shape index (κ1) is 27.2. The Balaban J connectivity index is 1.47. The number of amides is 1. The van der Waals surface area contributed by atoms with E-state index in [0.29, 0.717) is 23.8 Å². The summed E-state index contributed by atoms with van der Waals surface area (Å²) in [6.07, 6.45) is 0.503. The Bertz CT molecular complexity index is 1490. The molecule has 4 aromatic rings. The summed E-state index contributed by atoms with van der Waals surface area (Å²) in [7, 11) is -3.91. The van der Waals surface area contributed by atoms with E-state index in [2.05, 4.69) is 15.5 Å². The molecule has 0 aliphatic carbocycles. The standard InChI is InChI=1S/C29H32N4O4S/c1-20(2)29-31-27(32-37-29)17-23-10-12-25(13-11-23)30-28(34)19-33(18-24-7-5-6-22(4)16-24)38(35,36)26-14-8-21(3)9-15-26/h5-16,20H,17-19H2,1-4H3,(H,30,34). The first-order valence-corrected chi connectivity index (χ1v) is 13.9. The molecule has 4 rings (SSSR count). The van der Waals surface area contributed by atoms with E-state index in [9.17, 15) is 13.2 Å². The van der Waals surface area contributed by atoms with Crippen molar-refractivity contribution in [2.75, 3.05) is 11.9 Å². The van der Waals surface area contributed by atoms with Gasteiger partial charge >= 0.3 is 0 Å². The van der Waals surface area contributed by atoms with Gasteiger partial charge in [0.25, 0.3) is 0 Å². The highest BCUT2D eigenvalue weighted by Gasteiger charge is 2.27. The number of aromatic nitrogens is 2. The summed E-state index contributed by atoms with van der Waals surface area (Å²) >= 11 is 0. The summed E-state index contributed by atoms with van der Waals surface area (Å²) in [5.74, 6) is 0.924. The number of aryl methyl sites for hydroxylation is 2. The smallest absolute Gasteiger partial charge is 0.243 e. The Kier molecular flexibility index (Phi) is 8.38. The second-order valence-electron chi connectivity index (χ2n) is 9.70. The third kappa shape index (κ3) is 6.93. The highest BCUT2D eigenvalue weighted by atomic mass is 32.2. The average Bonchev–Trinajstić information content (AvgIpc) is 3.34. The van der Waals surface area contributed by atoms with E-state index in [1.807, 2.05) is 64.1 Å². The van der Waals surface area contributed by atoms with E-state index in [0.717, 1.165) is 22.3 Å². The molecular formula is C29H32N4O4S. The second kappa shape index (κ2) is 11.7. The number of anilines is 1. The van der Waals surface area contributed by atoms with Crippen LogP contribution < -0.4 is 5.32 Å². The highest BCUT2D eigenvalue weighted by Crippen LogP contribution is 2.20. The molecule has 3 aromatic carbocycles. The van der Waals surface area contributed by atoms with Crippen molar-refractivity contribution in [2.45, 2.75) is 51.5 Å². The first-order chi connectivity index (χ1) is 18.1. The molecule has 0 saturated heterocycles. The van der Waals surface area contributed by atoms with Gasteiger partial charge in [0.05, 0.1) is 11.4 Å². The first-order valence-electron chi connectivity index (χ1n) is 12.4. The van der Waals surface area contributed by atoms with Crippen LogP contribution in [0.4, 0.5) is 5.69 Å². The Labute approximate surface area is 223 Å². The maximum absolute atomic E-state index is 13.5. The van der Waals surface area contributed by atoms with Crippen LogP contribution >= 0.6 is 0 Å². The van der Waals surface area contributed by atoms with E-state index in [-0.39, 0.29) is 23.9 Å². The average molecular weight is 533 g/mol. The van der Waals surface area contributed by atoms with Gasteiger partial charge in [0, 0.05) is 24.6 Å². The largest absolute Gasteiger partial charge is 0.339 e. The van der Waals surface area contributed by atoms with Crippen molar-refractivity contribution < 1.29 is 17.7 Å². The third-order valence-electron chi connectivity index (χ3n) is 6.00. The molecule has 38 heavy (non-hydrogen) atoms. The van der Waals surface area contributed by atoms with Crippen LogP contribution in [0.3, 0.4) is 0 Å². The van der Waals surface area contributed by atoms with Gasteiger partial charge in [-0.15, -0.1) is 0 Å². The summed E-state index contributed by atoms with van der Waals surface area (Å²) in [4.78, 5) is 17.5. The molecule has 0 fully saturated rings. The summed E-state index contributed by atoms with van der Waals surface area (Å²) in [5.41, 5.74) is 4.30. The zero-order valence-electron chi connectivity index (χ0n) is 22.0. The molecular weight excluding hydrogens is 500 g/mol. The molecule has 0 aliphatic rings. The Morgan fingerprint density at radius 3 is 2.29 bits per heavy atom. The van der Waals surface area contributed by atoms with Gasteiger partial charge in [-0.3, -0.25) is 4.79 Å². The van der Waals surface area contributed by atoms with Crippen molar-refractivity contribution in [2.24, 2.45) is 0 Å². The molecule has 1 heterocycles. The lowest BCUT2D eigenvalue weighted by atomic mass is 10.1. The van der Waals surface area contributed by atoms with Crippen LogP contribution in [0.25, 0.3) is 0 Å². The fourth-order valence-electron chi connectivity index (χ4n) is 3.92. The molecule has 1 N–H and O–H groups in total. The number of hydrogen-bond donors (Lipinski definition) is 1. The molecule has 0 atom stereocenters. The molecule has 198 valence electrons. The van der Waals surface area contributed by atoms with Crippen molar-refractivity contribution in [3.8, 4) is 0 Å². The van der Waals surface area contributed by atoms with Crippen molar-refractivity contribution in [1.29, 1.82) is 0 Å². The normalized spacial score (nSPS) is 11.7. The van der Waals surface area contributed by atoms with Crippen molar-refractivity contribution in [3.63, 3.8) is 0 Å². The number of rotatable bonds is 10. The lowest BCUT2D eigenvalue weighted by molar-refractivity contribution is -0.116. The number of nitrogens with zero attached hydrogens (tertiary/aromatic N) is 3. The number of nitrogens with one attached hydrogen (secondary N) is 1. The number of carbonyl (C=O) groups excluding carboxylic acids is 1. The van der Waals surface area contributed by atoms with Crippen LogP contribution in [0.1, 0.15) is 53.7 Å². The molecule has 9 heteroatoms. The van der Waals surface area contributed by atoms with Crippen LogP contribution in [-0.4, -0.2) is 35.3 Å². The molecule has 0 radical (unpaired) electrons. The van der Waals surface area contributed by atoms with Gasteiger partial charge in [-0.05, 0) is 49.2 Å². The molecule has 1 aromatic heterocycles. The summed E-state index contributed by atoms with van der Waals surface area (Å²) in [5, 5.41) is 6.83. The quantitative estimate of drug-likeness (QED) is 0.300. The van der Waals surface area contributed by atoms with E-state index in [1.54, 1.807) is 36.4 Å². The minimum atomic E-state index is -3.91. The zero-order chi connectivity index (χ0) is 27.3. The van der Waals surface area contributed by atoms with Gasteiger partial charge < -0.3 is 9.84 Å². The third-order valence-corrected chi connectivity index (χ3v) is 7.80. The van der Waals surface area contributed by atoms with E-state index >= 15 is 0 Å². The monoisotopic (exact) mass is 532 g/mol. The van der Waals surface area contributed by atoms with Crippen molar-refractivity contribution >= 4 is 21.6 Å². The van der Waals surface area contributed by atoms with Crippen LogP contribution in [0.2, 0.25) is 0 Å². The fraction of sp³-hybridized carbons (Fsp3) is 0.276. The predicted octanol–water partition coefficient (Wildman–Crippen LogP) is 5.23. The molecule has 0 saturated carbocycles. The van der Waals surface area contributed by atoms with Crippen molar-refractivity contribution in [1.82, 2.24) is 14.4 Å². The summed E-state index contributed by atoms with van der Waals surface area (Å²) < 4.78 is 33.5. The van der Waals surface area contributed by atoms with Crippen LogP contribution in [0.5, 0.6) is 0 Å². The SMILES string of the molecule is Cc1ccc(S(=O)(=O)N(CC(=O)Nc2ccc(Cc3noc(C(C)C)n3)cc2)Cc2cccc(C)c2)cc1. The van der Waals surface area contributed by atoms with Gasteiger partial charge in [-0.1, -0.05) is 78.7 Å². The zero-order valence-corrected chi connectivity index (χ0v) is 22.8. The van der Waals surface area contributed by atoms with Crippen LogP contribution in [0.15, 0.2) is 82.2 Å². The van der Waals surface area contributed by atoms with Gasteiger partial charge in [-0.25, -0.2) is 8.42 Å². The van der Waals surface area contributed by atoms with Crippen molar-refractivity contribution in [3.05, 3.63) is 107 Å². The van der Waals surface area contributed by atoms with Gasteiger partial charge in [0.15, 0.2) is 5.82 Å². The highest BCUT2D eigenvalue weighted by molar-refractivity contribution is 7.89. The van der Waals surface area contributed by atoms with E-state index in [4.69, 9.17) is 4.52 Å². The fourth-order valence-corrected chi connectivity index (χ4v) is 5.31. The topological polar surface area (TPSA) is 105 Å². The number of benzene rings is 3. The molecule has 8 nitrogen and oxygen atoms in total. The Hall–Kier alpha value is -3.82. The number of carbonyl (C=O) groups is 1. The van der Waals surface area contributed by atoms with Crippen LogP contribution in [0, 0.1) is 13.8 Å². The van der Waals surface area contributed by atoms with E-state index < -0.39 is 15.9 Å². The second-order valence-corrected chi connectivity index (χ2v) is 11.6. The molecule has 1 amide bonds. The molecule has 0 unspecified atom stereocenters. The molecule has 0 bridgehead atoms. The lowest BCUT2D eigenvalue weighted by Crippen LogP contribution is -2.37. The van der Waals surface area contributed by atoms with Gasteiger partial charge in [-0.2, -0.15) is 9.29 Å². The van der Waals surface area contributed by atoms with E-state index in [1.165, 1.54) is 4.31 Å². The predicted molar refractivity (Wildman–Crippen MR) is 146 cm³/mol. The maximum Gasteiger partial charge on any atom is 0.243 e.